The van der Waals surface area contributed by atoms with Gasteiger partial charge in [0, 0.05) is 23.6 Å². The molecular weight excluding hydrogens is 457 g/mol. The van der Waals surface area contributed by atoms with Crippen molar-refractivity contribution < 1.29 is 22.7 Å². The van der Waals surface area contributed by atoms with Crippen LogP contribution in [0.2, 0.25) is 0 Å². The van der Waals surface area contributed by atoms with E-state index in [1.165, 1.54) is 39.6 Å². The molecule has 4 heterocycles. The third-order valence-electron chi connectivity index (χ3n) is 5.36. The monoisotopic (exact) mass is 474 g/mol. The number of carbonyl (C=O) groups excluding carboxylic acids is 1. The predicted octanol–water partition coefficient (Wildman–Crippen LogP) is 3.94. The van der Waals surface area contributed by atoms with Crippen LogP contribution < -0.4 is 4.74 Å². The number of hydrazone groups is 1. The number of aromatic nitrogens is 3. The number of nitrogens with zero attached hydrogens (tertiary/aromatic N) is 6. The Balaban J connectivity index is 1.24. The molecule has 1 saturated heterocycles. The standard InChI is InChI=1S/C21H17F3N6O2S/c1-11-18(26-10-33-11)19-25-7-16(24)20(28-19)32-15-8-29(9-15)21(31)30-17(2-3-27-30)12-4-13(22)6-14(23)5-12/h3-7,10,15,17H,2,8-9H2,1H3/t17-/m0/s1. The molecule has 33 heavy (non-hydrogen) atoms. The molecule has 12 heteroatoms. The minimum atomic E-state index is -0.721. The molecule has 0 spiro atoms. The molecule has 0 aliphatic carbocycles. The molecule has 170 valence electrons. The highest BCUT2D eigenvalue weighted by Gasteiger charge is 2.39. The van der Waals surface area contributed by atoms with Crippen LogP contribution in [-0.2, 0) is 0 Å². The lowest BCUT2D eigenvalue weighted by molar-refractivity contribution is 0.0230. The van der Waals surface area contributed by atoms with Gasteiger partial charge < -0.3 is 9.64 Å². The van der Waals surface area contributed by atoms with Crippen LogP contribution in [0.1, 0.15) is 22.9 Å². The number of urea groups is 1. The van der Waals surface area contributed by atoms with Crippen molar-refractivity contribution in [2.24, 2.45) is 5.10 Å². The SMILES string of the molecule is Cc1scnc1-c1ncc(F)c(OC2CN(C(=O)N3N=CC[C@H]3c3cc(F)cc(F)c3)C2)n1. The number of halogens is 3. The normalized spacial score (nSPS) is 18.0. The van der Waals surface area contributed by atoms with Gasteiger partial charge >= 0.3 is 6.03 Å². The summed E-state index contributed by atoms with van der Waals surface area (Å²) in [6.45, 7) is 2.23. The van der Waals surface area contributed by atoms with Gasteiger partial charge in [-0.2, -0.15) is 14.5 Å². The van der Waals surface area contributed by atoms with E-state index < -0.39 is 35.6 Å². The molecule has 1 aromatic carbocycles. The van der Waals surface area contributed by atoms with Crippen molar-refractivity contribution in [3.63, 3.8) is 0 Å². The molecule has 0 saturated carbocycles. The lowest BCUT2D eigenvalue weighted by atomic mass is 10.0. The van der Waals surface area contributed by atoms with Gasteiger partial charge in [0.05, 0.1) is 30.8 Å². The van der Waals surface area contributed by atoms with Crippen LogP contribution in [0.3, 0.4) is 0 Å². The summed E-state index contributed by atoms with van der Waals surface area (Å²) >= 11 is 1.43. The summed E-state index contributed by atoms with van der Waals surface area (Å²) in [5.41, 5.74) is 2.53. The summed E-state index contributed by atoms with van der Waals surface area (Å²) in [6.07, 6.45) is 2.42. The van der Waals surface area contributed by atoms with E-state index in [2.05, 4.69) is 20.1 Å². The first-order chi connectivity index (χ1) is 15.9. The highest BCUT2D eigenvalue weighted by Crippen LogP contribution is 2.32. The molecule has 0 N–H and O–H groups in total. The van der Waals surface area contributed by atoms with E-state index in [9.17, 15) is 18.0 Å². The summed E-state index contributed by atoms with van der Waals surface area (Å²) < 4.78 is 47.1. The van der Waals surface area contributed by atoms with Crippen LogP contribution in [0, 0.1) is 24.4 Å². The lowest BCUT2D eigenvalue weighted by Gasteiger charge is -2.40. The maximum atomic E-state index is 14.2. The molecule has 2 amide bonds. The Morgan fingerprint density at radius 1 is 1.15 bits per heavy atom. The molecule has 2 aliphatic heterocycles. The number of hydrogen-bond acceptors (Lipinski definition) is 7. The van der Waals surface area contributed by atoms with Crippen LogP contribution in [-0.4, -0.2) is 56.3 Å². The minimum Gasteiger partial charge on any atom is -0.468 e. The number of ether oxygens (including phenoxy) is 1. The van der Waals surface area contributed by atoms with E-state index in [1.807, 2.05) is 6.92 Å². The van der Waals surface area contributed by atoms with E-state index in [0.717, 1.165) is 17.1 Å². The number of aryl methyl sites for hydroxylation is 1. The van der Waals surface area contributed by atoms with E-state index in [-0.39, 0.29) is 24.8 Å². The Labute approximate surface area is 190 Å². The average Bonchev–Trinajstić information content (AvgIpc) is 3.39. The number of amides is 2. The largest absolute Gasteiger partial charge is 0.468 e. The van der Waals surface area contributed by atoms with Crippen LogP contribution in [0.5, 0.6) is 5.88 Å². The van der Waals surface area contributed by atoms with Crippen molar-refractivity contribution in [2.45, 2.75) is 25.5 Å². The summed E-state index contributed by atoms with van der Waals surface area (Å²) in [7, 11) is 0. The maximum absolute atomic E-state index is 14.2. The molecule has 8 nitrogen and oxygen atoms in total. The quantitative estimate of drug-likeness (QED) is 0.572. The van der Waals surface area contributed by atoms with Gasteiger partial charge in [-0.3, -0.25) is 0 Å². The van der Waals surface area contributed by atoms with E-state index in [1.54, 1.807) is 5.51 Å². The number of rotatable bonds is 4. The number of thiazole rings is 1. The summed E-state index contributed by atoms with van der Waals surface area (Å²) in [5, 5.41) is 5.27. The second kappa shape index (κ2) is 8.43. The van der Waals surface area contributed by atoms with Gasteiger partial charge in [0.2, 0.25) is 5.82 Å². The molecule has 5 rings (SSSR count). The van der Waals surface area contributed by atoms with Gasteiger partial charge in [-0.25, -0.2) is 28.6 Å². The predicted molar refractivity (Wildman–Crippen MR) is 113 cm³/mol. The molecule has 1 atom stereocenters. The number of benzene rings is 1. The Morgan fingerprint density at radius 3 is 2.61 bits per heavy atom. The minimum absolute atomic E-state index is 0.184. The molecule has 2 aliphatic rings. The lowest BCUT2D eigenvalue weighted by Crippen LogP contribution is -2.59. The molecule has 0 unspecified atom stereocenters. The van der Waals surface area contributed by atoms with Crippen molar-refractivity contribution in [3.8, 4) is 17.4 Å². The Kier molecular flexibility index (Phi) is 5.44. The smallest absolute Gasteiger partial charge is 0.341 e. The number of likely N-dealkylation sites (tertiary alicyclic amines) is 1. The topological polar surface area (TPSA) is 83.8 Å². The molecular formula is C21H17F3N6O2S. The van der Waals surface area contributed by atoms with Crippen LogP contribution >= 0.6 is 11.3 Å². The van der Waals surface area contributed by atoms with Gasteiger partial charge in [-0.1, -0.05) is 0 Å². The fraction of sp³-hybridized carbons (Fsp3) is 0.286. The van der Waals surface area contributed by atoms with Gasteiger partial charge in [-0.15, -0.1) is 11.3 Å². The molecule has 3 aromatic rings. The first kappa shape index (κ1) is 21.3. The van der Waals surface area contributed by atoms with Crippen molar-refractivity contribution in [2.75, 3.05) is 13.1 Å². The summed E-state index contributed by atoms with van der Waals surface area (Å²) in [5.74, 6) is -2.11. The van der Waals surface area contributed by atoms with E-state index >= 15 is 0 Å². The first-order valence-electron chi connectivity index (χ1n) is 10.1. The maximum Gasteiger partial charge on any atom is 0.341 e. The summed E-state index contributed by atoms with van der Waals surface area (Å²) in [4.78, 5) is 27.5. The zero-order valence-corrected chi connectivity index (χ0v) is 18.1. The van der Waals surface area contributed by atoms with Gasteiger partial charge in [-0.05, 0) is 24.6 Å². The third-order valence-corrected chi connectivity index (χ3v) is 6.12. The van der Waals surface area contributed by atoms with E-state index in [4.69, 9.17) is 4.74 Å². The first-order valence-corrected chi connectivity index (χ1v) is 10.9. The second-order valence-electron chi connectivity index (χ2n) is 7.63. The van der Waals surface area contributed by atoms with Crippen molar-refractivity contribution >= 4 is 23.6 Å². The number of hydrogen-bond donors (Lipinski definition) is 0. The Morgan fingerprint density at radius 2 is 1.91 bits per heavy atom. The molecule has 2 aromatic heterocycles. The Bertz CT molecular complexity index is 1230. The van der Waals surface area contributed by atoms with Crippen LogP contribution in [0.25, 0.3) is 11.5 Å². The van der Waals surface area contributed by atoms with Crippen LogP contribution in [0.4, 0.5) is 18.0 Å². The van der Waals surface area contributed by atoms with Crippen molar-refractivity contribution in [1.29, 1.82) is 0 Å². The third kappa shape index (κ3) is 4.13. The molecule has 1 fully saturated rings. The van der Waals surface area contributed by atoms with Crippen molar-refractivity contribution in [1.82, 2.24) is 24.9 Å². The Hall–Kier alpha value is -3.54. The van der Waals surface area contributed by atoms with E-state index in [0.29, 0.717) is 17.7 Å². The zero-order valence-electron chi connectivity index (χ0n) is 17.3. The van der Waals surface area contributed by atoms with Gasteiger partial charge in [0.1, 0.15) is 23.4 Å². The van der Waals surface area contributed by atoms with Gasteiger partial charge in [0.25, 0.3) is 5.88 Å². The van der Waals surface area contributed by atoms with Gasteiger partial charge in [0.15, 0.2) is 5.82 Å². The summed E-state index contributed by atoms with van der Waals surface area (Å²) in [6, 6.07) is 2.11. The molecule has 0 bridgehead atoms. The highest BCUT2D eigenvalue weighted by atomic mass is 32.1. The zero-order chi connectivity index (χ0) is 23.1. The highest BCUT2D eigenvalue weighted by molar-refractivity contribution is 7.10. The van der Waals surface area contributed by atoms with Crippen LogP contribution in [0.15, 0.2) is 35.0 Å². The van der Waals surface area contributed by atoms with Crippen molar-refractivity contribution in [3.05, 3.63) is 57.8 Å². The fourth-order valence-corrected chi connectivity index (χ4v) is 4.25. The number of carbonyl (C=O) groups is 1. The molecule has 0 radical (unpaired) electrons. The fourth-order valence-electron chi connectivity index (χ4n) is 3.68. The second-order valence-corrected chi connectivity index (χ2v) is 8.69. The average molecular weight is 474 g/mol.